The Morgan fingerprint density at radius 3 is 2.00 bits per heavy atom. The molecular weight excluding hydrogens is 171 g/mol. The van der Waals surface area contributed by atoms with E-state index in [4.69, 9.17) is 5.11 Å². The van der Waals surface area contributed by atoms with Crippen molar-refractivity contribution in [3.8, 4) is 0 Å². The SMILES string of the molecule is CCC(O)S(=O)(=O)[O-].[K+]. The topological polar surface area (TPSA) is 77.4 Å². The van der Waals surface area contributed by atoms with Gasteiger partial charge in [-0.1, -0.05) is 6.92 Å². The van der Waals surface area contributed by atoms with Crippen LogP contribution >= 0.6 is 0 Å². The van der Waals surface area contributed by atoms with Crippen molar-refractivity contribution >= 4 is 10.1 Å². The number of hydrogen-bond donors (Lipinski definition) is 1. The Hall–Kier alpha value is 1.51. The summed E-state index contributed by atoms with van der Waals surface area (Å²) in [7, 11) is -4.45. The van der Waals surface area contributed by atoms with E-state index >= 15 is 0 Å². The van der Waals surface area contributed by atoms with Crippen LogP contribution in [-0.4, -0.2) is 23.5 Å². The summed E-state index contributed by atoms with van der Waals surface area (Å²) in [5, 5.41) is 8.29. The summed E-state index contributed by atoms with van der Waals surface area (Å²) >= 11 is 0. The number of aliphatic hydroxyl groups is 1. The third-order valence-electron chi connectivity index (χ3n) is 0.682. The number of hydrogen-bond acceptors (Lipinski definition) is 4. The average molecular weight is 178 g/mol. The Morgan fingerprint density at radius 1 is 1.67 bits per heavy atom. The fourth-order valence-electron chi connectivity index (χ4n) is 0.204. The van der Waals surface area contributed by atoms with Gasteiger partial charge >= 0.3 is 51.4 Å². The normalized spacial score (nSPS) is 14.1. The monoisotopic (exact) mass is 178 g/mol. The van der Waals surface area contributed by atoms with E-state index < -0.39 is 15.6 Å². The van der Waals surface area contributed by atoms with Gasteiger partial charge < -0.3 is 9.66 Å². The van der Waals surface area contributed by atoms with E-state index in [1.54, 1.807) is 0 Å². The Balaban J connectivity index is 0. The molecule has 9 heavy (non-hydrogen) atoms. The standard InChI is InChI=1S/C3H8O4S.K/c1-2-3(4)8(5,6)7;/h3-4H,2H2,1H3,(H,5,6,7);/q;+1/p-1. The van der Waals surface area contributed by atoms with Gasteiger partial charge in [-0.15, -0.1) is 0 Å². The molecule has 1 N–H and O–H groups in total. The van der Waals surface area contributed by atoms with Gasteiger partial charge in [-0.05, 0) is 6.42 Å². The zero-order valence-electron chi connectivity index (χ0n) is 5.36. The molecule has 0 saturated heterocycles. The molecule has 0 aromatic heterocycles. The fraction of sp³-hybridized carbons (Fsp3) is 1.00. The molecule has 1 unspecified atom stereocenters. The number of rotatable bonds is 2. The maximum absolute atomic E-state index is 9.76. The molecular formula is C3H7KO4S. The van der Waals surface area contributed by atoms with Crippen LogP contribution in [0.2, 0.25) is 0 Å². The second-order valence-corrected chi connectivity index (χ2v) is 2.89. The molecule has 6 heteroatoms. The van der Waals surface area contributed by atoms with E-state index in [2.05, 4.69) is 0 Å². The molecule has 0 aliphatic heterocycles. The molecule has 0 aromatic rings. The van der Waals surface area contributed by atoms with Gasteiger partial charge in [-0.3, -0.25) is 0 Å². The zero-order valence-corrected chi connectivity index (χ0v) is 9.30. The van der Waals surface area contributed by atoms with Crippen LogP contribution in [0.5, 0.6) is 0 Å². The summed E-state index contributed by atoms with van der Waals surface area (Å²) in [4.78, 5) is 0. The van der Waals surface area contributed by atoms with Gasteiger partial charge in [-0.2, -0.15) is 0 Å². The first-order valence-corrected chi connectivity index (χ1v) is 3.58. The van der Waals surface area contributed by atoms with Gasteiger partial charge in [-0.25, -0.2) is 8.42 Å². The van der Waals surface area contributed by atoms with Crippen LogP contribution in [0.4, 0.5) is 0 Å². The summed E-state index contributed by atoms with van der Waals surface area (Å²) < 4.78 is 29.3. The van der Waals surface area contributed by atoms with E-state index in [9.17, 15) is 13.0 Å². The Labute approximate surface area is 96.8 Å². The Morgan fingerprint density at radius 2 is 2.00 bits per heavy atom. The largest absolute Gasteiger partial charge is 1.00 e. The van der Waals surface area contributed by atoms with Crippen molar-refractivity contribution in [2.24, 2.45) is 0 Å². The Kier molecular flexibility index (Phi) is 7.57. The third-order valence-corrected chi connectivity index (χ3v) is 1.68. The minimum atomic E-state index is -4.45. The van der Waals surface area contributed by atoms with Crippen LogP contribution < -0.4 is 51.4 Å². The second-order valence-electron chi connectivity index (χ2n) is 1.36. The second kappa shape index (κ2) is 5.20. The first-order chi connectivity index (χ1) is 3.48. The predicted molar refractivity (Wildman–Crippen MR) is 26.0 cm³/mol. The molecule has 0 fully saturated rings. The van der Waals surface area contributed by atoms with Gasteiger partial charge in [0.05, 0.1) is 0 Å². The molecule has 0 rings (SSSR count). The van der Waals surface area contributed by atoms with Crippen molar-refractivity contribution in [3.05, 3.63) is 0 Å². The van der Waals surface area contributed by atoms with Gasteiger partial charge in [0.15, 0.2) is 0 Å². The molecule has 1 atom stereocenters. The average Bonchev–Trinajstić information content (AvgIpc) is 1.62. The molecule has 0 bridgehead atoms. The van der Waals surface area contributed by atoms with Crippen molar-refractivity contribution in [1.29, 1.82) is 0 Å². The maximum atomic E-state index is 9.76. The van der Waals surface area contributed by atoms with Crippen LogP contribution in [0.15, 0.2) is 0 Å². The van der Waals surface area contributed by atoms with Gasteiger partial charge in [0, 0.05) is 0 Å². The summed E-state index contributed by atoms with van der Waals surface area (Å²) in [5.41, 5.74) is -1.73. The minimum Gasteiger partial charge on any atom is -0.746 e. The molecule has 0 heterocycles. The van der Waals surface area contributed by atoms with Crippen molar-refractivity contribution in [3.63, 3.8) is 0 Å². The molecule has 0 amide bonds. The summed E-state index contributed by atoms with van der Waals surface area (Å²) in [6, 6.07) is 0. The summed E-state index contributed by atoms with van der Waals surface area (Å²) in [6.07, 6.45) is -0.0498. The minimum absolute atomic E-state index is 0. The van der Waals surface area contributed by atoms with E-state index in [1.807, 2.05) is 0 Å². The van der Waals surface area contributed by atoms with Crippen LogP contribution in [0.3, 0.4) is 0 Å². The maximum Gasteiger partial charge on any atom is 1.00 e. The van der Waals surface area contributed by atoms with E-state index in [0.29, 0.717) is 0 Å². The van der Waals surface area contributed by atoms with Crippen molar-refractivity contribution in [2.75, 3.05) is 0 Å². The predicted octanol–water partition coefficient (Wildman–Crippen LogP) is -3.74. The molecule has 0 saturated carbocycles. The molecule has 0 radical (unpaired) electrons. The van der Waals surface area contributed by atoms with E-state index in [-0.39, 0.29) is 57.8 Å². The van der Waals surface area contributed by atoms with E-state index in [0.717, 1.165) is 0 Å². The number of aliphatic hydroxyl groups excluding tert-OH is 1. The Bertz CT molecular complexity index is 151. The van der Waals surface area contributed by atoms with Crippen LogP contribution in [0.25, 0.3) is 0 Å². The molecule has 0 spiro atoms. The zero-order chi connectivity index (χ0) is 6.78. The molecule has 0 aromatic carbocycles. The van der Waals surface area contributed by atoms with Crippen LogP contribution in [-0.2, 0) is 10.1 Å². The van der Waals surface area contributed by atoms with E-state index in [1.165, 1.54) is 6.92 Å². The van der Waals surface area contributed by atoms with Crippen LogP contribution in [0, 0.1) is 0 Å². The first-order valence-electron chi connectivity index (χ1n) is 2.11. The molecule has 0 aliphatic rings. The smallest absolute Gasteiger partial charge is 0.746 e. The fourth-order valence-corrected chi connectivity index (χ4v) is 0.612. The van der Waals surface area contributed by atoms with Crippen molar-refractivity contribution in [2.45, 2.75) is 18.8 Å². The summed E-state index contributed by atoms with van der Waals surface area (Å²) in [6.45, 7) is 1.42. The molecule has 4 nitrogen and oxygen atoms in total. The van der Waals surface area contributed by atoms with Crippen molar-refractivity contribution < 1.29 is 69.5 Å². The van der Waals surface area contributed by atoms with Crippen molar-refractivity contribution in [1.82, 2.24) is 0 Å². The first kappa shape index (κ1) is 13.1. The third kappa shape index (κ3) is 5.93. The quantitative estimate of drug-likeness (QED) is 0.348. The van der Waals surface area contributed by atoms with Gasteiger partial charge in [0.25, 0.3) is 0 Å². The van der Waals surface area contributed by atoms with Gasteiger partial charge in [0.1, 0.15) is 15.6 Å². The molecule has 0 aliphatic carbocycles. The molecule has 50 valence electrons. The summed E-state index contributed by atoms with van der Waals surface area (Å²) in [5.74, 6) is 0. The van der Waals surface area contributed by atoms with Gasteiger partial charge in [0.2, 0.25) is 0 Å². The van der Waals surface area contributed by atoms with Crippen LogP contribution in [0.1, 0.15) is 13.3 Å².